The van der Waals surface area contributed by atoms with Crippen LogP contribution >= 0.6 is 12.6 Å². The molecular formula is C26H41N3O4S. The molecule has 0 saturated heterocycles. The molecule has 0 aliphatic heterocycles. The second-order valence-corrected chi connectivity index (χ2v) is 9.97. The third kappa shape index (κ3) is 9.05. The van der Waals surface area contributed by atoms with Gasteiger partial charge in [0.25, 0.3) is 0 Å². The zero-order chi connectivity index (χ0) is 26.1. The van der Waals surface area contributed by atoms with Crippen LogP contribution in [0.15, 0.2) is 30.9 Å². The first-order chi connectivity index (χ1) is 15.8. The van der Waals surface area contributed by atoms with Crippen LogP contribution in [0.5, 0.6) is 0 Å². The van der Waals surface area contributed by atoms with Crippen LogP contribution in [0, 0.1) is 13.8 Å². The zero-order valence-electron chi connectivity index (χ0n) is 21.6. The van der Waals surface area contributed by atoms with Crippen molar-refractivity contribution in [2.24, 2.45) is 0 Å². The molecule has 0 saturated carbocycles. The van der Waals surface area contributed by atoms with Gasteiger partial charge in [0.2, 0.25) is 11.8 Å². The molecule has 3 atom stereocenters. The molecule has 0 fully saturated rings. The maximum absolute atomic E-state index is 13.6. The van der Waals surface area contributed by atoms with Gasteiger partial charge in [0, 0.05) is 18.3 Å². The van der Waals surface area contributed by atoms with Crippen molar-refractivity contribution in [3.05, 3.63) is 47.5 Å². The average molecular weight is 492 g/mol. The Labute approximate surface area is 210 Å². The van der Waals surface area contributed by atoms with Crippen LogP contribution in [0.25, 0.3) is 0 Å². The molecule has 190 valence electrons. The lowest BCUT2D eigenvalue weighted by molar-refractivity contribution is -0.141. The molecule has 34 heavy (non-hydrogen) atoms. The molecule has 0 heterocycles. The van der Waals surface area contributed by atoms with Crippen molar-refractivity contribution in [1.82, 2.24) is 15.5 Å². The SMILES string of the molecule is C=CCN(C(=O)C(CS)NC(=O)OC(C)(C)C)C(C(=O)NC(C)CCC)c1ccc(C)c(C)c1. The maximum Gasteiger partial charge on any atom is 0.408 e. The Morgan fingerprint density at radius 2 is 1.82 bits per heavy atom. The van der Waals surface area contributed by atoms with Crippen LogP contribution in [-0.4, -0.2) is 52.8 Å². The molecule has 7 nitrogen and oxygen atoms in total. The number of carbonyl (C=O) groups excluding carboxylic acids is 3. The summed E-state index contributed by atoms with van der Waals surface area (Å²) in [4.78, 5) is 40.9. The lowest BCUT2D eigenvalue weighted by atomic mass is 9.98. The standard InChI is InChI=1S/C26H41N3O4S/c1-9-11-19(5)27-23(30)22(20-13-12-17(3)18(4)15-20)29(14-10-2)24(31)21(16-34)28-25(32)33-26(6,7)8/h10,12-13,15,19,21-22,34H,2,9,11,14,16H2,1,3-8H3,(H,27,30)(H,28,32). The van der Waals surface area contributed by atoms with E-state index in [1.54, 1.807) is 26.8 Å². The van der Waals surface area contributed by atoms with E-state index in [-0.39, 0.29) is 24.2 Å². The fraction of sp³-hybridized carbons (Fsp3) is 0.577. The van der Waals surface area contributed by atoms with Crippen LogP contribution in [0.1, 0.15) is 70.2 Å². The van der Waals surface area contributed by atoms with E-state index in [2.05, 4.69) is 36.8 Å². The lowest BCUT2D eigenvalue weighted by Gasteiger charge is -2.34. The quantitative estimate of drug-likeness (QED) is 0.314. The second kappa shape index (κ2) is 13.4. The van der Waals surface area contributed by atoms with Gasteiger partial charge < -0.3 is 20.3 Å². The third-order valence-corrected chi connectivity index (χ3v) is 5.66. The van der Waals surface area contributed by atoms with E-state index < -0.39 is 29.7 Å². The molecule has 1 rings (SSSR count). The summed E-state index contributed by atoms with van der Waals surface area (Å²) in [5.41, 5.74) is 2.07. The Morgan fingerprint density at radius 3 is 2.32 bits per heavy atom. The molecule has 1 aromatic carbocycles. The fourth-order valence-electron chi connectivity index (χ4n) is 3.53. The van der Waals surface area contributed by atoms with Crippen LogP contribution < -0.4 is 10.6 Å². The highest BCUT2D eigenvalue weighted by atomic mass is 32.1. The number of hydrogen-bond acceptors (Lipinski definition) is 5. The molecule has 8 heteroatoms. The number of nitrogens with one attached hydrogen (secondary N) is 2. The summed E-state index contributed by atoms with van der Waals surface area (Å²) in [7, 11) is 0. The molecule has 1 aromatic rings. The molecule has 3 amide bonds. The molecular weight excluding hydrogens is 450 g/mol. The van der Waals surface area contributed by atoms with Gasteiger partial charge in [-0.3, -0.25) is 9.59 Å². The predicted molar refractivity (Wildman–Crippen MR) is 140 cm³/mol. The van der Waals surface area contributed by atoms with Crippen molar-refractivity contribution in [3.8, 4) is 0 Å². The van der Waals surface area contributed by atoms with Gasteiger partial charge in [0.05, 0.1) is 0 Å². The molecule has 0 bridgehead atoms. The second-order valence-electron chi connectivity index (χ2n) is 9.61. The molecule has 0 aromatic heterocycles. The maximum atomic E-state index is 13.6. The fourth-order valence-corrected chi connectivity index (χ4v) is 3.78. The Morgan fingerprint density at radius 1 is 1.18 bits per heavy atom. The number of carbonyl (C=O) groups is 3. The van der Waals surface area contributed by atoms with Crippen LogP contribution in [0.2, 0.25) is 0 Å². The minimum Gasteiger partial charge on any atom is -0.444 e. The van der Waals surface area contributed by atoms with Crippen molar-refractivity contribution < 1.29 is 19.1 Å². The average Bonchev–Trinajstić information content (AvgIpc) is 2.72. The number of nitrogens with zero attached hydrogens (tertiary/aromatic N) is 1. The predicted octanol–water partition coefficient (Wildman–Crippen LogP) is 4.49. The first-order valence-corrected chi connectivity index (χ1v) is 12.4. The number of amides is 3. The van der Waals surface area contributed by atoms with Crippen LogP contribution in [0.4, 0.5) is 4.79 Å². The summed E-state index contributed by atoms with van der Waals surface area (Å²) >= 11 is 4.28. The number of aryl methyl sites for hydroxylation is 2. The highest BCUT2D eigenvalue weighted by molar-refractivity contribution is 7.80. The monoisotopic (exact) mass is 491 g/mol. The van der Waals surface area contributed by atoms with Crippen molar-refractivity contribution in [2.75, 3.05) is 12.3 Å². The van der Waals surface area contributed by atoms with Gasteiger partial charge in [-0.2, -0.15) is 12.6 Å². The van der Waals surface area contributed by atoms with Crippen molar-refractivity contribution in [1.29, 1.82) is 0 Å². The van der Waals surface area contributed by atoms with E-state index in [1.165, 1.54) is 4.90 Å². The minimum absolute atomic E-state index is 0.0409. The van der Waals surface area contributed by atoms with E-state index in [0.29, 0.717) is 5.56 Å². The normalized spacial score (nSPS) is 13.9. The number of rotatable bonds is 11. The Hall–Kier alpha value is -2.48. The number of benzene rings is 1. The van der Waals surface area contributed by atoms with Crippen molar-refractivity contribution in [2.45, 2.75) is 85.0 Å². The van der Waals surface area contributed by atoms with Gasteiger partial charge in [-0.15, -0.1) is 6.58 Å². The number of ether oxygens (including phenoxy) is 1. The summed E-state index contributed by atoms with van der Waals surface area (Å²) < 4.78 is 5.31. The van der Waals surface area contributed by atoms with Crippen LogP contribution in [0.3, 0.4) is 0 Å². The summed E-state index contributed by atoms with van der Waals surface area (Å²) in [5.74, 6) is -0.684. The molecule has 3 unspecified atom stereocenters. The Balaban J connectivity index is 3.39. The summed E-state index contributed by atoms with van der Waals surface area (Å²) in [6, 6.07) is 3.79. The topological polar surface area (TPSA) is 87.7 Å². The smallest absolute Gasteiger partial charge is 0.408 e. The highest BCUT2D eigenvalue weighted by Crippen LogP contribution is 2.25. The Bertz CT molecular complexity index is 866. The summed E-state index contributed by atoms with van der Waals surface area (Å²) in [5, 5.41) is 5.63. The Kier molecular flexibility index (Phi) is 11.7. The summed E-state index contributed by atoms with van der Waals surface area (Å²) in [6.45, 7) is 17.1. The molecule has 0 spiro atoms. The van der Waals surface area contributed by atoms with Gasteiger partial charge in [0.15, 0.2) is 0 Å². The third-order valence-electron chi connectivity index (χ3n) is 5.30. The van der Waals surface area contributed by atoms with Crippen molar-refractivity contribution in [3.63, 3.8) is 0 Å². The molecule has 0 radical (unpaired) electrons. The van der Waals surface area contributed by atoms with Gasteiger partial charge in [-0.05, 0) is 64.7 Å². The minimum atomic E-state index is -0.979. The lowest BCUT2D eigenvalue weighted by Crippen LogP contribution is -2.54. The molecule has 0 aliphatic rings. The van der Waals surface area contributed by atoms with Crippen LogP contribution in [-0.2, 0) is 14.3 Å². The molecule has 0 aliphatic carbocycles. The number of thiol groups is 1. The number of hydrogen-bond donors (Lipinski definition) is 3. The van der Waals surface area contributed by atoms with E-state index in [9.17, 15) is 14.4 Å². The number of alkyl carbamates (subject to hydrolysis) is 1. The highest BCUT2D eigenvalue weighted by Gasteiger charge is 2.35. The van der Waals surface area contributed by atoms with Gasteiger partial charge >= 0.3 is 6.09 Å². The van der Waals surface area contributed by atoms with Gasteiger partial charge in [-0.1, -0.05) is 37.6 Å². The van der Waals surface area contributed by atoms with Gasteiger partial charge in [0.1, 0.15) is 17.7 Å². The molecule has 2 N–H and O–H groups in total. The van der Waals surface area contributed by atoms with E-state index >= 15 is 0 Å². The van der Waals surface area contributed by atoms with Crippen molar-refractivity contribution >= 4 is 30.5 Å². The van der Waals surface area contributed by atoms with E-state index in [1.807, 2.05) is 39.0 Å². The first-order valence-electron chi connectivity index (χ1n) is 11.7. The largest absolute Gasteiger partial charge is 0.444 e. The van der Waals surface area contributed by atoms with Gasteiger partial charge in [-0.25, -0.2) is 4.79 Å². The summed E-state index contributed by atoms with van der Waals surface area (Å²) in [6.07, 6.45) is 2.59. The van der Waals surface area contributed by atoms with E-state index in [0.717, 1.165) is 24.0 Å². The zero-order valence-corrected chi connectivity index (χ0v) is 22.5. The first kappa shape index (κ1) is 29.6. The van der Waals surface area contributed by atoms with E-state index in [4.69, 9.17) is 4.74 Å².